The molecule has 0 aliphatic heterocycles. The zero-order valence-electron chi connectivity index (χ0n) is 9.67. The second kappa shape index (κ2) is 3.63. The standard InChI is InChI=1S/C13H9F2NO3/c14-8-1-2-9-6(10(8)15)5-7(11(17)16-9)13(3-4-13)12(18)19/h1-2,5H,3-4H2,(H,16,17)(H,18,19). The van der Waals surface area contributed by atoms with Crippen LogP contribution in [0.25, 0.3) is 10.9 Å². The number of carboxylic acid groups (broad SMARTS) is 1. The molecule has 4 nitrogen and oxygen atoms in total. The van der Waals surface area contributed by atoms with E-state index in [-0.39, 0.29) is 16.5 Å². The molecule has 2 aromatic rings. The van der Waals surface area contributed by atoms with Crippen molar-refractivity contribution >= 4 is 16.9 Å². The molecule has 0 radical (unpaired) electrons. The summed E-state index contributed by atoms with van der Waals surface area (Å²) in [6, 6.07) is 3.31. The molecule has 0 spiro atoms. The molecule has 0 unspecified atom stereocenters. The number of hydrogen-bond donors (Lipinski definition) is 2. The molecule has 1 aliphatic rings. The Morgan fingerprint density at radius 2 is 2.00 bits per heavy atom. The summed E-state index contributed by atoms with van der Waals surface area (Å²) in [6.45, 7) is 0. The topological polar surface area (TPSA) is 70.2 Å². The number of carboxylic acids is 1. The lowest BCUT2D eigenvalue weighted by Gasteiger charge is -2.10. The fraction of sp³-hybridized carbons (Fsp3) is 0.231. The van der Waals surface area contributed by atoms with Crippen LogP contribution in [0.5, 0.6) is 0 Å². The third-order valence-corrected chi connectivity index (χ3v) is 3.59. The van der Waals surface area contributed by atoms with E-state index in [0.29, 0.717) is 12.8 Å². The highest BCUT2D eigenvalue weighted by Gasteiger charge is 2.53. The van der Waals surface area contributed by atoms with E-state index in [1.807, 2.05) is 0 Å². The second-order valence-electron chi connectivity index (χ2n) is 4.72. The van der Waals surface area contributed by atoms with Gasteiger partial charge in [-0.15, -0.1) is 0 Å². The van der Waals surface area contributed by atoms with Gasteiger partial charge in [-0.3, -0.25) is 9.59 Å². The van der Waals surface area contributed by atoms with E-state index in [1.54, 1.807) is 0 Å². The number of hydrogen-bond acceptors (Lipinski definition) is 2. The summed E-state index contributed by atoms with van der Waals surface area (Å²) < 4.78 is 26.8. The summed E-state index contributed by atoms with van der Waals surface area (Å²) in [4.78, 5) is 25.5. The molecular formula is C13H9F2NO3. The van der Waals surface area contributed by atoms with Crippen molar-refractivity contribution in [3.63, 3.8) is 0 Å². The minimum absolute atomic E-state index is 0.0167. The minimum Gasteiger partial charge on any atom is -0.481 e. The number of nitrogens with one attached hydrogen (secondary N) is 1. The van der Waals surface area contributed by atoms with Crippen LogP contribution in [0.2, 0.25) is 0 Å². The molecule has 1 heterocycles. The molecule has 0 saturated heterocycles. The summed E-state index contributed by atoms with van der Waals surface area (Å²) in [6.07, 6.45) is 0.654. The van der Waals surface area contributed by atoms with Gasteiger partial charge < -0.3 is 10.1 Å². The van der Waals surface area contributed by atoms with Crippen LogP contribution < -0.4 is 5.56 Å². The molecule has 98 valence electrons. The van der Waals surface area contributed by atoms with Crippen molar-refractivity contribution in [2.75, 3.05) is 0 Å². The molecule has 0 atom stereocenters. The van der Waals surface area contributed by atoms with Crippen molar-refractivity contribution in [3.05, 3.63) is 45.8 Å². The SMILES string of the molecule is O=C(O)C1(c2cc3c(F)c(F)ccc3[nH]c2=O)CC1. The van der Waals surface area contributed by atoms with E-state index in [4.69, 9.17) is 5.11 Å². The van der Waals surface area contributed by atoms with E-state index < -0.39 is 28.6 Å². The Morgan fingerprint density at radius 1 is 1.32 bits per heavy atom. The molecule has 1 aromatic heterocycles. The van der Waals surface area contributed by atoms with Crippen molar-refractivity contribution in [2.45, 2.75) is 18.3 Å². The van der Waals surface area contributed by atoms with Gasteiger partial charge in [0.05, 0.1) is 10.9 Å². The number of H-pyrrole nitrogens is 1. The van der Waals surface area contributed by atoms with Gasteiger partial charge in [-0.05, 0) is 31.0 Å². The van der Waals surface area contributed by atoms with Crippen molar-refractivity contribution in [3.8, 4) is 0 Å². The molecule has 1 saturated carbocycles. The molecule has 19 heavy (non-hydrogen) atoms. The molecular weight excluding hydrogens is 256 g/mol. The van der Waals surface area contributed by atoms with Crippen molar-refractivity contribution < 1.29 is 18.7 Å². The highest BCUT2D eigenvalue weighted by molar-refractivity contribution is 5.87. The van der Waals surface area contributed by atoms with Gasteiger partial charge in [-0.2, -0.15) is 0 Å². The maximum atomic E-state index is 13.7. The van der Waals surface area contributed by atoms with E-state index >= 15 is 0 Å². The lowest BCUT2D eigenvalue weighted by Crippen LogP contribution is -2.28. The number of pyridine rings is 1. The summed E-state index contributed by atoms with van der Waals surface area (Å²) in [5.41, 5.74) is -1.69. The number of aliphatic carboxylic acids is 1. The number of aromatic amines is 1. The minimum atomic E-state index is -1.25. The Morgan fingerprint density at radius 3 is 2.58 bits per heavy atom. The largest absolute Gasteiger partial charge is 0.481 e. The number of rotatable bonds is 2. The molecule has 0 bridgehead atoms. The maximum absolute atomic E-state index is 13.7. The van der Waals surface area contributed by atoms with E-state index in [9.17, 15) is 18.4 Å². The zero-order valence-corrected chi connectivity index (χ0v) is 9.67. The highest BCUT2D eigenvalue weighted by Crippen LogP contribution is 2.47. The van der Waals surface area contributed by atoms with Crippen LogP contribution in [0.15, 0.2) is 23.0 Å². The number of benzene rings is 1. The average molecular weight is 265 g/mol. The molecule has 6 heteroatoms. The Balaban J connectivity index is 2.33. The predicted molar refractivity (Wildman–Crippen MR) is 63.0 cm³/mol. The monoisotopic (exact) mass is 265 g/mol. The van der Waals surface area contributed by atoms with Gasteiger partial charge in [0.25, 0.3) is 5.56 Å². The maximum Gasteiger partial charge on any atom is 0.314 e. The van der Waals surface area contributed by atoms with E-state index in [0.717, 1.165) is 12.1 Å². The van der Waals surface area contributed by atoms with Crippen molar-refractivity contribution in [1.82, 2.24) is 4.98 Å². The predicted octanol–water partition coefficient (Wildman–Crippen LogP) is 1.92. The molecule has 1 aliphatic carbocycles. The van der Waals surface area contributed by atoms with Crippen LogP contribution in [-0.2, 0) is 10.2 Å². The van der Waals surface area contributed by atoms with Crippen LogP contribution in [0, 0.1) is 11.6 Å². The average Bonchev–Trinajstić information content (AvgIpc) is 3.15. The number of fused-ring (bicyclic) bond motifs is 1. The molecule has 1 aromatic carbocycles. The molecule has 3 rings (SSSR count). The fourth-order valence-corrected chi connectivity index (χ4v) is 2.29. The Kier molecular flexibility index (Phi) is 2.26. The summed E-state index contributed by atoms with van der Waals surface area (Å²) in [5.74, 6) is -3.24. The second-order valence-corrected chi connectivity index (χ2v) is 4.72. The van der Waals surface area contributed by atoms with Gasteiger partial charge >= 0.3 is 5.97 Å². The first-order chi connectivity index (χ1) is 8.95. The number of halogens is 2. The zero-order chi connectivity index (χ0) is 13.8. The van der Waals surface area contributed by atoms with E-state index in [1.165, 1.54) is 6.07 Å². The van der Waals surface area contributed by atoms with Crippen LogP contribution in [-0.4, -0.2) is 16.1 Å². The first-order valence-corrected chi connectivity index (χ1v) is 5.70. The number of carbonyl (C=O) groups is 1. The third kappa shape index (κ3) is 1.56. The summed E-state index contributed by atoms with van der Waals surface area (Å²) in [5, 5.41) is 9.05. The smallest absolute Gasteiger partial charge is 0.314 e. The van der Waals surface area contributed by atoms with Gasteiger partial charge in [-0.25, -0.2) is 8.78 Å². The fourth-order valence-electron chi connectivity index (χ4n) is 2.29. The lowest BCUT2D eigenvalue weighted by atomic mass is 9.96. The Labute approximate surface area is 105 Å². The highest BCUT2D eigenvalue weighted by atomic mass is 19.2. The van der Waals surface area contributed by atoms with Gasteiger partial charge in [-0.1, -0.05) is 0 Å². The van der Waals surface area contributed by atoms with Gasteiger partial charge in [0, 0.05) is 10.9 Å². The van der Waals surface area contributed by atoms with Crippen LogP contribution in [0.3, 0.4) is 0 Å². The normalized spacial score (nSPS) is 16.5. The van der Waals surface area contributed by atoms with Crippen molar-refractivity contribution in [1.29, 1.82) is 0 Å². The first kappa shape index (κ1) is 11.8. The molecule has 0 amide bonds. The summed E-state index contributed by atoms with van der Waals surface area (Å²) >= 11 is 0. The lowest BCUT2D eigenvalue weighted by molar-refractivity contribution is -0.140. The van der Waals surface area contributed by atoms with Gasteiger partial charge in [0.2, 0.25) is 0 Å². The van der Waals surface area contributed by atoms with Gasteiger partial charge in [0.15, 0.2) is 11.6 Å². The van der Waals surface area contributed by atoms with Crippen molar-refractivity contribution in [2.24, 2.45) is 0 Å². The van der Waals surface area contributed by atoms with Crippen LogP contribution in [0.1, 0.15) is 18.4 Å². The van der Waals surface area contributed by atoms with Gasteiger partial charge in [0.1, 0.15) is 0 Å². The van der Waals surface area contributed by atoms with Crippen LogP contribution >= 0.6 is 0 Å². The molecule has 1 fully saturated rings. The summed E-state index contributed by atoms with van der Waals surface area (Å²) in [7, 11) is 0. The quantitative estimate of drug-likeness (QED) is 0.871. The van der Waals surface area contributed by atoms with E-state index in [2.05, 4.69) is 4.98 Å². The first-order valence-electron chi connectivity index (χ1n) is 5.70. The Bertz CT molecular complexity index is 762. The Hall–Kier alpha value is -2.24. The van der Waals surface area contributed by atoms with Crippen LogP contribution in [0.4, 0.5) is 8.78 Å². The molecule has 2 N–H and O–H groups in total. The third-order valence-electron chi connectivity index (χ3n) is 3.59. The number of aromatic nitrogens is 1.